The molecule has 166 valence electrons. The van der Waals surface area contributed by atoms with Gasteiger partial charge >= 0.3 is 0 Å². The number of rotatable bonds is 15. The molecule has 1 heterocycles. The summed E-state index contributed by atoms with van der Waals surface area (Å²) in [4.78, 5) is 5.11. The first-order valence-electron chi connectivity index (χ1n) is 11.9. The highest BCUT2D eigenvalue weighted by Crippen LogP contribution is 2.21. The predicted molar refractivity (Wildman–Crippen MR) is 123 cm³/mol. The van der Waals surface area contributed by atoms with Crippen molar-refractivity contribution in [3.8, 4) is 0 Å². The standard InChI is InChI=1S/C25H44N2O2/c1-4-6-18-28-19-7-20-29-21-17-26-13-15-27(16-14-26)22-24-9-11-25(12-10-24)23(3)8-5-2/h9-12,23H,4-8,13-22H2,1-3H3. The maximum Gasteiger partial charge on any atom is 0.0593 e. The molecule has 4 nitrogen and oxygen atoms in total. The summed E-state index contributed by atoms with van der Waals surface area (Å²) >= 11 is 0. The molecule has 1 atom stereocenters. The lowest BCUT2D eigenvalue weighted by Crippen LogP contribution is -2.46. The largest absolute Gasteiger partial charge is 0.381 e. The number of benzene rings is 1. The van der Waals surface area contributed by atoms with Crippen LogP contribution in [0.5, 0.6) is 0 Å². The summed E-state index contributed by atoms with van der Waals surface area (Å²) in [6.45, 7) is 16.9. The molecule has 0 radical (unpaired) electrons. The molecule has 1 fully saturated rings. The third-order valence-electron chi connectivity index (χ3n) is 5.91. The molecular formula is C25H44N2O2. The summed E-state index contributed by atoms with van der Waals surface area (Å²) in [5, 5.41) is 0. The van der Waals surface area contributed by atoms with E-state index in [4.69, 9.17) is 9.47 Å². The highest BCUT2D eigenvalue weighted by atomic mass is 16.5. The van der Waals surface area contributed by atoms with E-state index >= 15 is 0 Å². The molecule has 4 heteroatoms. The molecule has 0 aromatic heterocycles. The predicted octanol–water partition coefficient (Wildman–Crippen LogP) is 4.93. The fourth-order valence-corrected chi connectivity index (χ4v) is 3.89. The van der Waals surface area contributed by atoms with Crippen molar-refractivity contribution in [1.82, 2.24) is 9.80 Å². The van der Waals surface area contributed by atoms with Gasteiger partial charge < -0.3 is 9.47 Å². The van der Waals surface area contributed by atoms with Crippen molar-refractivity contribution in [1.29, 1.82) is 0 Å². The van der Waals surface area contributed by atoms with Crippen molar-refractivity contribution in [3.63, 3.8) is 0 Å². The fourth-order valence-electron chi connectivity index (χ4n) is 3.89. The second-order valence-electron chi connectivity index (χ2n) is 8.48. The first-order valence-corrected chi connectivity index (χ1v) is 11.9. The lowest BCUT2D eigenvalue weighted by atomic mass is 9.95. The molecule has 0 aliphatic carbocycles. The van der Waals surface area contributed by atoms with Crippen LogP contribution in [0.1, 0.15) is 69.9 Å². The van der Waals surface area contributed by atoms with E-state index in [2.05, 4.69) is 54.8 Å². The van der Waals surface area contributed by atoms with E-state index in [9.17, 15) is 0 Å². The van der Waals surface area contributed by atoms with Crippen LogP contribution in [-0.4, -0.2) is 69.0 Å². The average molecular weight is 405 g/mol. The Bertz CT molecular complexity index is 512. The Morgan fingerprint density at radius 2 is 1.41 bits per heavy atom. The zero-order valence-electron chi connectivity index (χ0n) is 19.2. The third kappa shape index (κ3) is 10.1. The maximum atomic E-state index is 5.78. The van der Waals surface area contributed by atoms with Gasteiger partial charge in [-0.2, -0.15) is 0 Å². The van der Waals surface area contributed by atoms with Crippen LogP contribution >= 0.6 is 0 Å². The number of unbranched alkanes of at least 4 members (excludes halogenated alkanes) is 1. The van der Waals surface area contributed by atoms with Crippen LogP contribution in [0.4, 0.5) is 0 Å². The molecule has 0 N–H and O–H groups in total. The monoisotopic (exact) mass is 404 g/mol. The van der Waals surface area contributed by atoms with Crippen molar-refractivity contribution in [2.45, 2.75) is 65.3 Å². The van der Waals surface area contributed by atoms with E-state index in [1.54, 1.807) is 0 Å². The molecule has 0 bridgehead atoms. The number of nitrogens with zero attached hydrogens (tertiary/aromatic N) is 2. The molecule has 0 saturated carbocycles. The van der Waals surface area contributed by atoms with Crippen LogP contribution < -0.4 is 0 Å². The van der Waals surface area contributed by atoms with Crippen LogP contribution in [0.3, 0.4) is 0 Å². The Labute approximate surface area is 179 Å². The van der Waals surface area contributed by atoms with Gasteiger partial charge in [-0.05, 0) is 36.3 Å². The first kappa shape index (κ1) is 24.3. The lowest BCUT2D eigenvalue weighted by Gasteiger charge is -2.34. The summed E-state index contributed by atoms with van der Waals surface area (Å²) in [5.74, 6) is 0.674. The van der Waals surface area contributed by atoms with Crippen LogP contribution in [0.25, 0.3) is 0 Å². The van der Waals surface area contributed by atoms with Gasteiger partial charge in [0.2, 0.25) is 0 Å². The molecular weight excluding hydrogens is 360 g/mol. The second kappa shape index (κ2) is 15.0. The molecule has 0 spiro atoms. The van der Waals surface area contributed by atoms with Gasteiger partial charge in [-0.1, -0.05) is 57.9 Å². The van der Waals surface area contributed by atoms with Gasteiger partial charge in [-0.3, -0.25) is 9.80 Å². The summed E-state index contributed by atoms with van der Waals surface area (Å²) in [6, 6.07) is 9.32. The van der Waals surface area contributed by atoms with E-state index in [0.29, 0.717) is 5.92 Å². The SMILES string of the molecule is CCCCOCCCOCCN1CCN(Cc2ccc(C(C)CCC)cc2)CC1. The zero-order chi connectivity index (χ0) is 20.7. The summed E-state index contributed by atoms with van der Waals surface area (Å²) in [5.41, 5.74) is 2.92. The molecule has 1 aliphatic heterocycles. The number of piperazine rings is 1. The third-order valence-corrected chi connectivity index (χ3v) is 5.91. The average Bonchev–Trinajstić information content (AvgIpc) is 2.74. The Hall–Kier alpha value is -0.940. The highest BCUT2D eigenvalue weighted by molar-refractivity contribution is 5.25. The second-order valence-corrected chi connectivity index (χ2v) is 8.48. The molecule has 1 aliphatic rings. The fraction of sp³-hybridized carbons (Fsp3) is 0.760. The topological polar surface area (TPSA) is 24.9 Å². The number of hydrogen-bond acceptors (Lipinski definition) is 4. The quantitative estimate of drug-likeness (QED) is 0.387. The maximum absolute atomic E-state index is 5.78. The zero-order valence-corrected chi connectivity index (χ0v) is 19.2. The minimum absolute atomic E-state index is 0.674. The molecule has 1 unspecified atom stereocenters. The molecule has 1 saturated heterocycles. The smallest absolute Gasteiger partial charge is 0.0593 e. The van der Waals surface area contributed by atoms with Gasteiger partial charge in [-0.15, -0.1) is 0 Å². The number of hydrogen-bond donors (Lipinski definition) is 0. The van der Waals surface area contributed by atoms with Gasteiger partial charge in [0.15, 0.2) is 0 Å². The van der Waals surface area contributed by atoms with Crippen LogP contribution in [0, 0.1) is 0 Å². The van der Waals surface area contributed by atoms with Gasteiger partial charge in [0.05, 0.1) is 6.61 Å². The van der Waals surface area contributed by atoms with Gasteiger partial charge in [0.25, 0.3) is 0 Å². The van der Waals surface area contributed by atoms with Crippen molar-refractivity contribution in [2.75, 3.05) is 59.2 Å². The minimum Gasteiger partial charge on any atom is -0.381 e. The van der Waals surface area contributed by atoms with E-state index in [0.717, 1.165) is 78.5 Å². The molecule has 29 heavy (non-hydrogen) atoms. The normalized spacial score (nSPS) is 16.9. The summed E-state index contributed by atoms with van der Waals surface area (Å²) in [7, 11) is 0. The molecule has 2 rings (SSSR count). The number of ether oxygens (including phenoxy) is 2. The van der Waals surface area contributed by atoms with Crippen LogP contribution in [-0.2, 0) is 16.0 Å². The van der Waals surface area contributed by atoms with E-state index in [1.165, 1.54) is 30.4 Å². The van der Waals surface area contributed by atoms with E-state index in [1.807, 2.05) is 0 Å². The van der Waals surface area contributed by atoms with Gasteiger partial charge in [0, 0.05) is 59.1 Å². The van der Waals surface area contributed by atoms with E-state index < -0.39 is 0 Å². The van der Waals surface area contributed by atoms with Crippen molar-refractivity contribution >= 4 is 0 Å². The summed E-state index contributed by atoms with van der Waals surface area (Å²) < 4.78 is 11.3. The van der Waals surface area contributed by atoms with E-state index in [-0.39, 0.29) is 0 Å². The highest BCUT2D eigenvalue weighted by Gasteiger charge is 2.16. The van der Waals surface area contributed by atoms with Crippen LogP contribution in [0.15, 0.2) is 24.3 Å². The Balaban J connectivity index is 1.53. The first-order chi connectivity index (χ1) is 14.2. The Kier molecular flexibility index (Phi) is 12.5. The minimum atomic E-state index is 0.674. The van der Waals surface area contributed by atoms with Gasteiger partial charge in [-0.25, -0.2) is 0 Å². The van der Waals surface area contributed by atoms with Crippen molar-refractivity contribution in [3.05, 3.63) is 35.4 Å². The molecule has 1 aromatic rings. The van der Waals surface area contributed by atoms with Crippen molar-refractivity contribution in [2.24, 2.45) is 0 Å². The Morgan fingerprint density at radius 1 is 0.793 bits per heavy atom. The van der Waals surface area contributed by atoms with Crippen molar-refractivity contribution < 1.29 is 9.47 Å². The molecule has 0 amide bonds. The van der Waals surface area contributed by atoms with Crippen LogP contribution in [0.2, 0.25) is 0 Å². The van der Waals surface area contributed by atoms with Gasteiger partial charge in [0.1, 0.15) is 0 Å². The Morgan fingerprint density at radius 3 is 2.07 bits per heavy atom. The lowest BCUT2D eigenvalue weighted by molar-refractivity contribution is 0.0564. The summed E-state index contributed by atoms with van der Waals surface area (Å²) in [6.07, 6.45) is 5.90. The molecule has 1 aromatic carbocycles.